The van der Waals surface area contributed by atoms with E-state index in [0.29, 0.717) is 53.1 Å². The minimum atomic E-state index is -0.669. The van der Waals surface area contributed by atoms with E-state index < -0.39 is 6.04 Å². The van der Waals surface area contributed by atoms with Gasteiger partial charge in [0.05, 0.1) is 23.9 Å². The van der Waals surface area contributed by atoms with E-state index in [2.05, 4.69) is 34.5 Å². The van der Waals surface area contributed by atoms with Gasteiger partial charge in [-0.15, -0.1) is 0 Å². The Morgan fingerprint density at radius 2 is 1.74 bits per heavy atom. The molecule has 4 amide bonds. The number of piperazine rings is 1. The van der Waals surface area contributed by atoms with Crippen molar-refractivity contribution in [1.82, 2.24) is 24.9 Å². The van der Waals surface area contributed by atoms with Gasteiger partial charge in [-0.1, -0.05) is 59.6 Å². The maximum Gasteiger partial charge on any atom is 0.322 e. The summed E-state index contributed by atoms with van der Waals surface area (Å²) in [6, 6.07) is 14.5. The van der Waals surface area contributed by atoms with E-state index in [1.165, 1.54) is 5.56 Å². The van der Waals surface area contributed by atoms with Crippen molar-refractivity contribution in [2.45, 2.75) is 25.8 Å². The van der Waals surface area contributed by atoms with Gasteiger partial charge in [0.15, 0.2) is 0 Å². The quantitative estimate of drug-likeness (QED) is 0.522. The highest BCUT2D eigenvalue weighted by molar-refractivity contribution is 6.35. The van der Waals surface area contributed by atoms with Gasteiger partial charge in [-0.2, -0.15) is 0 Å². The van der Waals surface area contributed by atoms with Crippen molar-refractivity contribution in [3.8, 4) is 0 Å². The van der Waals surface area contributed by atoms with E-state index in [1.807, 2.05) is 17.9 Å². The third kappa shape index (κ3) is 5.93. The molecular formula is C29H33Cl2N5O3. The van der Waals surface area contributed by atoms with Crippen molar-refractivity contribution in [3.05, 3.63) is 81.0 Å². The number of hydrogen-bond acceptors (Lipinski definition) is 4. The molecule has 0 bridgehead atoms. The van der Waals surface area contributed by atoms with E-state index in [1.54, 1.807) is 28.0 Å². The van der Waals surface area contributed by atoms with Crippen molar-refractivity contribution >= 4 is 41.0 Å². The zero-order chi connectivity index (χ0) is 27.5. The van der Waals surface area contributed by atoms with E-state index in [0.717, 1.165) is 26.1 Å². The van der Waals surface area contributed by atoms with Crippen LogP contribution in [0.1, 0.15) is 30.5 Å². The summed E-state index contributed by atoms with van der Waals surface area (Å²) in [7, 11) is 0. The summed E-state index contributed by atoms with van der Waals surface area (Å²) >= 11 is 12.5. The van der Waals surface area contributed by atoms with Crippen molar-refractivity contribution in [1.29, 1.82) is 0 Å². The highest BCUT2D eigenvalue weighted by Gasteiger charge is 2.44. The topological polar surface area (TPSA) is 76.2 Å². The average molecular weight is 571 g/mol. The highest BCUT2D eigenvalue weighted by atomic mass is 35.5. The van der Waals surface area contributed by atoms with Gasteiger partial charge < -0.3 is 15.1 Å². The normalized spacial score (nSPS) is 20.0. The zero-order valence-corrected chi connectivity index (χ0v) is 23.5. The molecule has 3 aliphatic heterocycles. The first-order valence-electron chi connectivity index (χ1n) is 13.4. The molecule has 0 aliphatic carbocycles. The number of amides is 4. The molecule has 2 aromatic carbocycles. The van der Waals surface area contributed by atoms with Crippen LogP contribution in [0.4, 0.5) is 4.79 Å². The summed E-state index contributed by atoms with van der Waals surface area (Å²) < 4.78 is 0. The second kappa shape index (κ2) is 12.0. The Balaban J connectivity index is 1.18. The number of nitrogens with zero attached hydrogens (tertiary/aromatic N) is 4. The maximum absolute atomic E-state index is 13.6. The first-order chi connectivity index (χ1) is 18.9. The molecule has 1 atom stereocenters. The lowest BCUT2D eigenvalue weighted by Crippen LogP contribution is -2.49. The number of carbonyl (C=O) groups excluding carboxylic acids is 3. The van der Waals surface area contributed by atoms with Gasteiger partial charge in [-0.25, -0.2) is 4.79 Å². The number of likely N-dealkylation sites (N-methyl/N-ethyl adjacent to an activating group) is 1. The molecule has 0 spiro atoms. The van der Waals surface area contributed by atoms with E-state index in [9.17, 15) is 14.4 Å². The van der Waals surface area contributed by atoms with Crippen molar-refractivity contribution in [3.63, 3.8) is 0 Å². The van der Waals surface area contributed by atoms with Crippen molar-refractivity contribution in [2.75, 3.05) is 52.4 Å². The molecular weight excluding hydrogens is 537 g/mol. The number of hydrogen-bond donors (Lipinski definition) is 1. The summed E-state index contributed by atoms with van der Waals surface area (Å²) in [6.45, 7) is 6.94. The van der Waals surface area contributed by atoms with Gasteiger partial charge in [0.25, 0.3) is 5.91 Å². The first-order valence-corrected chi connectivity index (χ1v) is 14.2. The smallest absolute Gasteiger partial charge is 0.322 e. The Morgan fingerprint density at radius 3 is 2.44 bits per heavy atom. The number of urea groups is 1. The van der Waals surface area contributed by atoms with Crippen LogP contribution in [0.2, 0.25) is 10.0 Å². The Hall–Kier alpha value is -3.07. The Kier molecular flexibility index (Phi) is 8.45. The van der Waals surface area contributed by atoms with E-state index in [4.69, 9.17) is 23.2 Å². The second-order valence-electron chi connectivity index (χ2n) is 10.1. The fraction of sp³-hybridized carbons (Fsp3) is 0.414. The number of carbonyl (C=O) groups is 3. The lowest BCUT2D eigenvalue weighted by atomic mass is 9.95. The number of halogens is 2. The second-order valence-corrected chi connectivity index (χ2v) is 10.9. The Morgan fingerprint density at radius 1 is 1.00 bits per heavy atom. The maximum atomic E-state index is 13.6. The van der Waals surface area contributed by atoms with Gasteiger partial charge in [-0.3, -0.25) is 19.4 Å². The summed E-state index contributed by atoms with van der Waals surface area (Å²) in [6.07, 6.45) is 1.24. The molecule has 1 N–H and O–H groups in total. The molecule has 2 aromatic rings. The molecule has 1 saturated heterocycles. The van der Waals surface area contributed by atoms with Crippen molar-refractivity contribution in [2.24, 2.45) is 0 Å². The molecule has 3 heterocycles. The molecule has 39 heavy (non-hydrogen) atoms. The van der Waals surface area contributed by atoms with Crippen LogP contribution in [0.25, 0.3) is 0 Å². The summed E-state index contributed by atoms with van der Waals surface area (Å²) in [5.41, 5.74) is 3.11. The minimum absolute atomic E-state index is 0.0502. The largest absolute Gasteiger partial charge is 0.340 e. The molecule has 5 rings (SSSR count). The molecule has 1 fully saturated rings. The molecule has 0 aromatic heterocycles. The van der Waals surface area contributed by atoms with Crippen LogP contribution in [-0.2, 0) is 16.0 Å². The lowest BCUT2D eigenvalue weighted by Gasteiger charge is -2.35. The predicted molar refractivity (Wildman–Crippen MR) is 152 cm³/mol. The molecule has 0 saturated carbocycles. The minimum Gasteiger partial charge on any atom is -0.340 e. The predicted octanol–water partition coefficient (Wildman–Crippen LogP) is 3.95. The fourth-order valence-corrected chi connectivity index (χ4v) is 6.09. The molecule has 3 aliphatic rings. The number of nitrogens with one attached hydrogen (secondary N) is 1. The van der Waals surface area contributed by atoms with E-state index in [-0.39, 0.29) is 30.8 Å². The third-order valence-corrected chi connectivity index (χ3v) is 8.33. The van der Waals surface area contributed by atoms with Gasteiger partial charge in [-0.05, 0) is 36.6 Å². The van der Waals surface area contributed by atoms with Gasteiger partial charge in [0.2, 0.25) is 5.91 Å². The monoisotopic (exact) mass is 569 g/mol. The molecule has 8 nitrogen and oxygen atoms in total. The zero-order valence-electron chi connectivity index (χ0n) is 22.0. The molecule has 206 valence electrons. The number of rotatable bonds is 8. The van der Waals surface area contributed by atoms with Crippen LogP contribution >= 0.6 is 23.2 Å². The standard InChI is InChI=1S/C29H33Cl2N5O3/c1-2-36-24-19-35(28(38)26(24)27(32-29(36)39)22-9-8-21(30)18-23(22)31)13-11-25(37)34-16-14-33(15-17-34)12-10-20-6-4-3-5-7-20/h3-9,18,27H,2,10-17,19H2,1H3,(H,32,39). The first kappa shape index (κ1) is 27.5. The third-order valence-electron chi connectivity index (χ3n) is 7.77. The molecule has 1 unspecified atom stereocenters. The molecule has 10 heteroatoms. The Bertz CT molecular complexity index is 1280. The lowest BCUT2D eigenvalue weighted by molar-refractivity contribution is -0.134. The van der Waals surface area contributed by atoms with Crippen molar-refractivity contribution < 1.29 is 14.4 Å². The van der Waals surface area contributed by atoms with Crippen LogP contribution in [-0.4, -0.2) is 89.8 Å². The van der Waals surface area contributed by atoms with Gasteiger partial charge in [0.1, 0.15) is 0 Å². The number of benzene rings is 2. The highest BCUT2D eigenvalue weighted by Crippen LogP contribution is 2.39. The van der Waals surface area contributed by atoms with E-state index >= 15 is 0 Å². The SMILES string of the molecule is CCN1C(=O)NC(c2ccc(Cl)cc2Cl)C2=C1CN(CCC(=O)N1CCN(CCc3ccccc3)CC1)C2=O. The Labute approximate surface area is 239 Å². The fourth-order valence-electron chi connectivity index (χ4n) is 5.57. The van der Waals surface area contributed by atoms with Crippen LogP contribution in [0.5, 0.6) is 0 Å². The van der Waals surface area contributed by atoms with Crippen LogP contribution in [0, 0.1) is 0 Å². The van der Waals surface area contributed by atoms with Crippen LogP contribution in [0.3, 0.4) is 0 Å². The van der Waals surface area contributed by atoms with Gasteiger partial charge in [0, 0.05) is 62.3 Å². The van der Waals surface area contributed by atoms with Crippen LogP contribution < -0.4 is 5.32 Å². The van der Waals surface area contributed by atoms with Crippen LogP contribution in [0.15, 0.2) is 59.8 Å². The average Bonchev–Trinajstić information content (AvgIpc) is 3.27. The molecule has 0 radical (unpaired) electrons. The van der Waals surface area contributed by atoms with Gasteiger partial charge >= 0.3 is 6.03 Å². The summed E-state index contributed by atoms with van der Waals surface area (Å²) in [4.78, 5) is 47.1. The summed E-state index contributed by atoms with van der Waals surface area (Å²) in [5, 5.41) is 3.79. The summed E-state index contributed by atoms with van der Waals surface area (Å²) in [5.74, 6) is -0.132.